The van der Waals surface area contributed by atoms with E-state index in [1.165, 1.54) is 5.57 Å². The Morgan fingerprint density at radius 3 is 1.93 bits per heavy atom. The first kappa shape index (κ1) is 34.6. The topological polar surface area (TPSA) is 176 Å². The Morgan fingerprint density at radius 2 is 1.37 bits per heavy atom. The number of carbonyl (C=O) groups is 2. The van der Waals surface area contributed by atoms with Crippen LogP contribution in [0.3, 0.4) is 0 Å². The lowest BCUT2D eigenvalue weighted by Crippen LogP contribution is -2.67. The van der Waals surface area contributed by atoms with E-state index in [1.807, 2.05) is 0 Å². The number of phenolic OH excluding ortho intramolecular Hbond substituents is 3. The number of hydrogen-bond donors (Lipinski definition) is 7. The van der Waals surface area contributed by atoms with Gasteiger partial charge in [-0.2, -0.15) is 0 Å². The van der Waals surface area contributed by atoms with Gasteiger partial charge in [0.1, 0.15) is 5.41 Å². The van der Waals surface area contributed by atoms with Crippen molar-refractivity contribution < 1.29 is 45.3 Å². The van der Waals surface area contributed by atoms with Gasteiger partial charge in [-0.3, -0.25) is 4.79 Å². The van der Waals surface area contributed by atoms with Crippen LogP contribution in [0.15, 0.2) is 23.8 Å². The van der Waals surface area contributed by atoms with Gasteiger partial charge in [0.2, 0.25) is 0 Å². The van der Waals surface area contributed by atoms with Crippen LogP contribution in [0.1, 0.15) is 117 Å². The molecule has 1 aromatic carbocycles. The summed E-state index contributed by atoms with van der Waals surface area (Å²) in [6, 6.07) is 1.69. The van der Waals surface area contributed by atoms with Crippen LogP contribution in [0, 0.1) is 50.2 Å². The van der Waals surface area contributed by atoms with Crippen molar-refractivity contribution in [1.82, 2.24) is 0 Å². The largest absolute Gasteiger partial charge is 0.504 e. The van der Waals surface area contributed by atoms with Crippen molar-refractivity contribution in [3.63, 3.8) is 0 Å². The van der Waals surface area contributed by atoms with Crippen LogP contribution in [0.4, 0.5) is 0 Å². The first-order valence-electron chi connectivity index (χ1n) is 16.9. The molecule has 9 atom stereocenters. The molecule has 0 aromatic heterocycles. The molecule has 0 radical (unpaired) electrons. The molecule has 0 spiro atoms. The molecule has 5 aliphatic rings. The minimum atomic E-state index is -1.29. The maximum atomic E-state index is 12.8. The van der Waals surface area contributed by atoms with Gasteiger partial charge in [0.25, 0.3) is 0 Å². The van der Waals surface area contributed by atoms with Gasteiger partial charge in [-0.25, -0.2) is 4.79 Å². The van der Waals surface area contributed by atoms with Gasteiger partial charge in [-0.05, 0) is 115 Å². The summed E-state index contributed by atoms with van der Waals surface area (Å²) in [5.41, 5.74) is 0.00619. The van der Waals surface area contributed by atoms with Gasteiger partial charge in [-0.15, -0.1) is 0 Å². The Labute approximate surface area is 272 Å². The van der Waals surface area contributed by atoms with E-state index < -0.39 is 40.7 Å². The minimum Gasteiger partial charge on any atom is -0.504 e. The number of rotatable bonds is 2. The fourth-order valence-corrected chi connectivity index (χ4v) is 11.4. The van der Waals surface area contributed by atoms with Crippen molar-refractivity contribution in [3.8, 4) is 17.2 Å². The average molecular weight is 643 g/mol. The molecule has 5 aliphatic carbocycles. The highest BCUT2D eigenvalue weighted by molar-refractivity contribution is 5.89. The molecule has 4 saturated carbocycles. The molecule has 0 aliphatic heterocycles. The van der Waals surface area contributed by atoms with Crippen molar-refractivity contribution in [2.75, 3.05) is 0 Å². The SMILES string of the molecule is CC1(C)CCC2(C(=O)O)C(O)CC3(C)C(=CCC4C5(C)CCC(O)C(C)(C)C5CCC43C)C2C1.O=C(O)c1cc(O)c(O)c(O)c1. The van der Waals surface area contributed by atoms with Crippen molar-refractivity contribution in [2.24, 2.45) is 50.2 Å². The molecule has 256 valence electrons. The first-order chi connectivity index (χ1) is 21.1. The van der Waals surface area contributed by atoms with Gasteiger partial charge in [0.15, 0.2) is 17.2 Å². The summed E-state index contributed by atoms with van der Waals surface area (Å²) in [4.78, 5) is 23.1. The smallest absolute Gasteiger partial charge is 0.335 e. The molecule has 9 heteroatoms. The van der Waals surface area contributed by atoms with Crippen molar-refractivity contribution in [2.45, 2.75) is 118 Å². The zero-order valence-electron chi connectivity index (χ0n) is 28.4. The molecular weight excluding hydrogens is 588 g/mol. The molecular formula is C37H54O9. The van der Waals surface area contributed by atoms with Crippen LogP contribution in [0.5, 0.6) is 17.2 Å². The van der Waals surface area contributed by atoms with Crippen LogP contribution in [0.2, 0.25) is 0 Å². The summed E-state index contributed by atoms with van der Waals surface area (Å²) in [6.45, 7) is 16.4. The third kappa shape index (κ3) is 4.77. The Hall–Kier alpha value is -2.78. The van der Waals surface area contributed by atoms with Gasteiger partial charge in [0.05, 0.1) is 17.8 Å². The highest BCUT2D eigenvalue weighted by Gasteiger charge is 2.71. The third-order valence-corrected chi connectivity index (χ3v) is 14.4. The second kappa shape index (κ2) is 10.9. The van der Waals surface area contributed by atoms with E-state index in [0.717, 1.165) is 57.1 Å². The van der Waals surface area contributed by atoms with E-state index in [-0.39, 0.29) is 44.7 Å². The summed E-state index contributed by atoms with van der Waals surface area (Å²) >= 11 is 0. The number of aliphatic hydroxyl groups is 2. The van der Waals surface area contributed by atoms with Crippen molar-refractivity contribution in [3.05, 3.63) is 29.3 Å². The second-order valence-electron chi connectivity index (χ2n) is 17.3. The van der Waals surface area contributed by atoms with Crippen LogP contribution < -0.4 is 0 Å². The van der Waals surface area contributed by atoms with E-state index in [9.17, 15) is 24.9 Å². The zero-order chi connectivity index (χ0) is 34.4. The number of carboxylic acid groups (broad SMARTS) is 2. The van der Waals surface area contributed by atoms with E-state index in [1.54, 1.807) is 0 Å². The fourth-order valence-electron chi connectivity index (χ4n) is 11.4. The fraction of sp³-hybridized carbons (Fsp3) is 0.730. The molecule has 9 unspecified atom stereocenters. The lowest BCUT2D eigenvalue weighted by Gasteiger charge is -2.71. The summed E-state index contributed by atoms with van der Waals surface area (Å²) in [7, 11) is 0. The summed E-state index contributed by atoms with van der Waals surface area (Å²) in [5, 5.41) is 68.0. The number of aliphatic hydroxyl groups excluding tert-OH is 2. The van der Waals surface area contributed by atoms with Crippen LogP contribution in [-0.2, 0) is 4.79 Å². The highest BCUT2D eigenvalue weighted by atomic mass is 16.4. The van der Waals surface area contributed by atoms with Gasteiger partial charge >= 0.3 is 11.9 Å². The van der Waals surface area contributed by atoms with Crippen molar-refractivity contribution >= 4 is 11.9 Å². The van der Waals surface area contributed by atoms with E-state index in [4.69, 9.17) is 20.4 Å². The molecule has 6 rings (SSSR count). The zero-order valence-corrected chi connectivity index (χ0v) is 28.4. The number of allylic oxidation sites excluding steroid dienone is 2. The van der Waals surface area contributed by atoms with Crippen LogP contribution in [-0.4, -0.2) is 59.9 Å². The monoisotopic (exact) mass is 642 g/mol. The molecule has 1 aromatic rings. The molecule has 0 amide bonds. The number of carboxylic acids is 2. The predicted octanol–water partition coefficient (Wildman–Crippen LogP) is 6.71. The summed E-state index contributed by atoms with van der Waals surface area (Å²) < 4.78 is 0. The minimum absolute atomic E-state index is 0.0218. The number of benzene rings is 1. The molecule has 7 N–H and O–H groups in total. The van der Waals surface area contributed by atoms with Crippen LogP contribution >= 0.6 is 0 Å². The standard InChI is InChI=1S/C30H48O4.C7H6O5/c1-25(2)14-15-30(24(33)34)19(16-25)18-8-9-21-27(5)12-11-22(31)26(3,4)20(27)10-13-28(21,6)29(18,7)17-23(30)32;8-4-1-3(7(11)12)2-5(9)6(4)10/h8,19-23,31-32H,9-17H2,1-7H3,(H,33,34);1-2,8-10H,(H,11,12). The Balaban J connectivity index is 0.000000293. The number of phenols is 3. The number of aromatic carboxylic acids is 1. The molecule has 0 saturated heterocycles. The average Bonchev–Trinajstić information content (AvgIpc) is 2.94. The maximum absolute atomic E-state index is 12.8. The quantitative estimate of drug-likeness (QED) is 0.137. The number of aromatic hydroxyl groups is 3. The van der Waals surface area contributed by atoms with Gasteiger partial charge < -0.3 is 35.7 Å². The Kier molecular flexibility index (Phi) is 8.17. The van der Waals surface area contributed by atoms with E-state index >= 15 is 0 Å². The van der Waals surface area contributed by atoms with E-state index in [2.05, 4.69) is 54.5 Å². The van der Waals surface area contributed by atoms with Gasteiger partial charge in [-0.1, -0.05) is 60.1 Å². The lowest BCUT2D eigenvalue weighted by atomic mass is 9.33. The molecule has 46 heavy (non-hydrogen) atoms. The normalized spacial score (nSPS) is 42.0. The first-order valence-corrected chi connectivity index (χ1v) is 16.9. The molecule has 4 fully saturated rings. The van der Waals surface area contributed by atoms with E-state index in [0.29, 0.717) is 24.7 Å². The third-order valence-electron chi connectivity index (χ3n) is 14.4. The van der Waals surface area contributed by atoms with Crippen molar-refractivity contribution in [1.29, 1.82) is 0 Å². The van der Waals surface area contributed by atoms with Gasteiger partial charge in [0, 0.05) is 0 Å². The van der Waals surface area contributed by atoms with Crippen LogP contribution in [0.25, 0.3) is 0 Å². The predicted molar refractivity (Wildman–Crippen MR) is 172 cm³/mol. The summed E-state index contributed by atoms with van der Waals surface area (Å²) in [5.74, 6) is -3.24. The lowest BCUT2D eigenvalue weighted by molar-refractivity contribution is -0.218. The molecule has 9 nitrogen and oxygen atoms in total. The Morgan fingerprint density at radius 1 is 0.761 bits per heavy atom. The Bertz CT molecular complexity index is 1420. The second-order valence-corrected chi connectivity index (χ2v) is 17.3. The molecule has 0 heterocycles. The molecule has 0 bridgehead atoms. The maximum Gasteiger partial charge on any atom is 0.335 e. The number of aliphatic carboxylic acids is 1. The summed E-state index contributed by atoms with van der Waals surface area (Å²) in [6.07, 6.45) is 9.35. The highest BCUT2D eigenvalue weighted by Crippen LogP contribution is 2.75. The number of fused-ring (bicyclic) bond motifs is 7. The number of hydrogen-bond acceptors (Lipinski definition) is 7.